The van der Waals surface area contributed by atoms with Gasteiger partial charge in [-0.1, -0.05) is 52.3 Å². The molecule has 0 bridgehead atoms. The standard InChI is InChI=1S/C17H20BrNO2/c1-13-6-2-5-9-17(13)21-12-15(20)11-19-10-14-7-3-4-8-16(14)18/h2-9,15,19-20H,10-12H2,1H3. The maximum Gasteiger partial charge on any atom is 0.122 e. The van der Waals surface area contributed by atoms with Gasteiger partial charge in [0.15, 0.2) is 0 Å². The fraction of sp³-hybridized carbons (Fsp3) is 0.294. The van der Waals surface area contributed by atoms with Crippen LogP contribution in [0.2, 0.25) is 0 Å². The zero-order valence-electron chi connectivity index (χ0n) is 12.1. The fourth-order valence-electron chi connectivity index (χ4n) is 1.98. The number of para-hydroxylation sites is 1. The molecule has 0 aliphatic heterocycles. The van der Waals surface area contributed by atoms with E-state index in [-0.39, 0.29) is 6.61 Å². The molecule has 2 N–H and O–H groups in total. The molecule has 2 aromatic rings. The van der Waals surface area contributed by atoms with E-state index in [4.69, 9.17) is 4.74 Å². The van der Waals surface area contributed by atoms with Crippen LogP contribution >= 0.6 is 15.9 Å². The Morgan fingerprint density at radius 3 is 2.62 bits per heavy atom. The van der Waals surface area contributed by atoms with E-state index in [9.17, 15) is 5.11 Å². The quantitative estimate of drug-likeness (QED) is 0.805. The number of benzene rings is 2. The van der Waals surface area contributed by atoms with Crippen molar-refractivity contribution in [1.29, 1.82) is 0 Å². The minimum atomic E-state index is -0.535. The lowest BCUT2D eigenvalue weighted by Crippen LogP contribution is -2.31. The summed E-state index contributed by atoms with van der Waals surface area (Å²) in [5, 5.41) is 13.2. The molecule has 0 aromatic heterocycles. The van der Waals surface area contributed by atoms with E-state index < -0.39 is 6.10 Å². The molecule has 0 aliphatic rings. The van der Waals surface area contributed by atoms with Crippen LogP contribution in [-0.4, -0.2) is 24.4 Å². The van der Waals surface area contributed by atoms with Gasteiger partial charge in [0.05, 0.1) is 0 Å². The van der Waals surface area contributed by atoms with Gasteiger partial charge in [-0.3, -0.25) is 0 Å². The molecule has 112 valence electrons. The minimum absolute atomic E-state index is 0.286. The highest BCUT2D eigenvalue weighted by atomic mass is 79.9. The van der Waals surface area contributed by atoms with Crippen LogP contribution in [0.25, 0.3) is 0 Å². The minimum Gasteiger partial charge on any atom is -0.491 e. The van der Waals surface area contributed by atoms with Crippen molar-refractivity contribution in [3.63, 3.8) is 0 Å². The number of aliphatic hydroxyl groups is 1. The van der Waals surface area contributed by atoms with Crippen molar-refractivity contribution < 1.29 is 9.84 Å². The third-order valence-electron chi connectivity index (χ3n) is 3.18. The maximum atomic E-state index is 9.95. The van der Waals surface area contributed by atoms with Gasteiger partial charge in [-0.2, -0.15) is 0 Å². The Morgan fingerprint density at radius 1 is 1.14 bits per heavy atom. The largest absolute Gasteiger partial charge is 0.491 e. The van der Waals surface area contributed by atoms with E-state index in [1.54, 1.807) is 0 Å². The molecule has 1 unspecified atom stereocenters. The second kappa shape index (κ2) is 8.17. The number of hydrogen-bond donors (Lipinski definition) is 2. The zero-order valence-corrected chi connectivity index (χ0v) is 13.6. The van der Waals surface area contributed by atoms with Crippen LogP contribution < -0.4 is 10.1 Å². The van der Waals surface area contributed by atoms with Gasteiger partial charge < -0.3 is 15.2 Å². The number of halogens is 1. The second-order valence-electron chi connectivity index (χ2n) is 4.95. The molecule has 21 heavy (non-hydrogen) atoms. The zero-order chi connectivity index (χ0) is 15.1. The van der Waals surface area contributed by atoms with Gasteiger partial charge in [0, 0.05) is 17.6 Å². The summed E-state index contributed by atoms with van der Waals surface area (Å²) in [5.41, 5.74) is 2.25. The predicted octanol–water partition coefficient (Wildman–Crippen LogP) is 3.29. The average molecular weight is 350 g/mol. The molecule has 0 saturated heterocycles. The summed E-state index contributed by atoms with van der Waals surface area (Å²) in [6.07, 6.45) is -0.535. The predicted molar refractivity (Wildman–Crippen MR) is 88.5 cm³/mol. The molecule has 3 nitrogen and oxygen atoms in total. The first kappa shape index (κ1) is 16.0. The summed E-state index contributed by atoms with van der Waals surface area (Å²) < 4.78 is 6.70. The lowest BCUT2D eigenvalue weighted by molar-refractivity contribution is 0.106. The topological polar surface area (TPSA) is 41.5 Å². The summed E-state index contributed by atoms with van der Waals surface area (Å²) in [7, 11) is 0. The molecule has 4 heteroatoms. The van der Waals surface area contributed by atoms with Crippen molar-refractivity contribution in [3.8, 4) is 5.75 Å². The van der Waals surface area contributed by atoms with Crippen LogP contribution in [-0.2, 0) is 6.54 Å². The number of rotatable bonds is 7. The maximum absolute atomic E-state index is 9.95. The number of ether oxygens (including phenoxy) is 1. The van der Waals surface area contributed by atoms with Crippen LogP contribution in [0.3, 0.4) is 0 Å². The number of hydrogen-bond acceptors (Lipinski definition) is 3. The Hall–Kier alpha value is -1.36. The Morgan fingerprint density at radius 2 is 1.86 bits per heavy atom. The molecule has 0 radical (unpaired) electrons. The van der Waals surface area contributed by atoms with Crippen molar-refractivity contribution in [2.75, 3.05) is 13.2 Å². The summed E-state index contributed by atoms with van der Waals surface area (Å²) in [4.78, 5) is 0. The van der Waals surface area contributed by atoms with E-state index in [1.165, 1.54) is 5.56 Å². The van der Waals surface area contributed by atoms with E-state index in [0.717, 1.165) is 15.8 Å². The Bertz CT molecular complexity index is 574. The first-order valence-electron chi connectivity index (χ1n) is 6.97. The van der Waals surface area contributed by atoms with Crippen LogP contribution in [0, 0.1) is 6.92 Å². The first-order chi connectivity index (χ1) is 10.2. The molecule has 0 heterocycles. The fourth-order valence-corrected chi connectivity index (χ4v) is 2.40. The summed E-state index contributed by atoms with van der Waals surface area (Å²) in [5.74, 6) is 0.822. The summed E-state index contributed by atoms with van der Waals surface area (Å²) >= 11 is 3.51. The van der Waals surface area contributed by atoms with Crippen LogP contribution in [0.5, 0.6) is 5.75 Å². The van der Waals surface area contributed by atoms with Crippen LogP contribution in [0.15, 0.2) is 53.0 Å². The molecule has 2 rings (SSSR count). The first-order valence-corrected chi connectivity index (χ1v) is 7.76. The van der Waals surface area contributed by atoms with Gasteiger partial charge in [-0.05, 0) is 30.2 Å². The molecule has 0 aliphatic carbocycles. The van der Waals surface area contributed by atoms with E-state index in [1.807, 2.05) is 55.5 Å². The Kier molecular flexibility index (Phi) is 6.23. The average Bonchev–Trinajstić information content (AvgIpc) is 2.48. The van der Waals surface area contributed by atoms with E-state index in [0.29, 0.717) is 13.1 Å². The van der Waals surface area contributed by atoms with Crippen LogP contribution in [0.4, 0.5) is 0 Å². The van der Waals surface area contributed by atoms with Gasteiger partial charge >= 0.3 is 0 Å². The molecular weight excluding hydrogens is 330 g/mol. The smallest absolute Gasteiger partial charge is 0.122 e. The molecule has 1 atom stereocenters. The van der Waals surface area contributed by atoms with Gasteiger partial charge in [-0.25, -0.2) is 0 Å². The third kappa shape index (κ3) is 5.16. The second-order valence-corrected chi connectivity index (χ2v) is 5.81. The molecule has 0 saturated carbocycles. The highest BCUT2D eigenvalue weighted by Gasteiger charge is 2.06. The van der Waals surface area contributed by atoms with E-state index in [2.05, 4.69) is 21.2 Å². The number of aryl methyl sites for hydroxylation is 1. The van der Waals surface area contributed by atoms with Crippen molar-refractivity contribution in [2.45, 2.75) is 19.6 Å². The molecular formula is C17H20BrNO2. The van der Waals surface area contributed by atoms with Crippen molar-refractivity contribution in [2.24, 2.45) is 0 Å². The third-order valence-corrected chi connectivity index (χ3v) is 3.95. The highest BCUT2D eigenvalue weighted by Crippen LogP contribution is 2.16. The van der Waals surface area contributed by atoms with Gasteiger partial charge in [-0.15, -0.1) is 0 Å². The SMILES string of the molecule is Cc1ccccc1OCC(O)CNCc1ccccc1Br. The normalized spacial score (nSPS) is 12.1. The monoisotopic (exact) mass is 349 g/mol. The molecule has 2 aromatic carbocycles. The molecule has 0 spiro atoms. The molecule has 0 fully saturated rings. The lowest BCUT2D eigenvalue weighted by atomic mass is 10.2. The van der Waals surface area contributed by atoms with Crippen LogP contribution in [0.1, 0.15) is 11.1 Å². The van der Waals surface area contributed by atoms with Gasteiger partial charge in [0.2, 0.25) is 0 Å². The summed E-state index contributed by atoms with van der Waals surface area (Å²) in [6.45, 7) is 3.48. The van der Waals surface area contributed by atoms with Crippen molar-refractivity contribution in [1.82, 2.24) is 5.32 Å². The van der Waals surface area contributed by atoms with Gasteiger partial charge in [0.1, 0.15) is 18.5 Å². The molecule has 0 amide bonds. The van der Waals surface area contributed by atoms with Crippen molar-refractivity contribution >= 4 is 15.9 Å². The van der Waals surface area contributed by atoms with Crippen molar-refractivity contribution in [3.05, 3.63) is 64.1 Å². The number of aliphatic hydroxyl groups excluding tert-OH is 1. The summed E-state index contributed by atoms with van der Waals surface area (Å²) in [6, 6.07) is 15.8. The van der Waals surface area contributed by atoms with Gasteiger partial charge in [0.25, 0.3) is 0 Å². The Balaban J connectivity index is 1.72. The highest BCUT2D eigenvalue weighted by molar-refractivity contribution is 9.10. The van der Waals surface area contributed by atoms with E-state index >= 15 is 0 Å². The lowest BCUT2D eigenvalue weighted by Gasteiger charge is -2.14. The Labute approximate surface area is 134 Å². The number of nitrogens with one attached hydrogen (secondary N) is 1.